The molecule has 0 aliphatic carbocycles. The second kappa shape index (κ2) is 5.14. The van der Waals surface area contributed by atoms with Crippen LogP contribution in [0.1, 0.15) is 30.0 Å². The third-order valence-corrected chi connectivity index (χ3v) is 2.36. The number of esters is 1. The van der Waals surface area contributed by atoms with Crippen LogP contribution in [-0.4, -0.2) is 22.4 Å². The summed E-state index contributed by atoms with van der Waals surface area (Å²) in [7, 11) is 0. The van der Waals surface area contributed by atoms with Crippen molar-refractivity contribution < 1.29 is 9.53 Å². The molecule has 0 N–H and O–H groups in total. The number of halogens is 1. The number of hydrogen-bond donors (Lipinski definition) is 0. The monoisotopic (exact) mass is 260 g/mol. The van der Waals surface area contributed by atoms with Crippen LogP contribution >= 0.6 is 15.9 Å². The Balaban J connectivity index is 2.88. The van der Waals surface area contributed by atoms with Gasteiger partial charge in [0.25, 0.3) is 0 Å². The van der Waals surface area contributed by atoms with Crippen molar-refractivity contribution >= 4 is 21.9 Å². The van der Waals surface area contributed by atoms with E-state index in [-0.39, 0.29) is 5.97 Å². The van der Waals surface area contributed by atoms with Crippen molar-refractivity contribution in [3.63, 3.8) is 0 Å². The van der Waals surface area contributed by atoms with Crippen LogP contribution in [0.5, 0.6) is 0 Å². The van der Waals surface area contributed by atoms with Gasteiger partial charge in [-0.3, -0.25) is 4.68 Å². The zero-order chi connectivity index (χ0) is 10.6. The summed E-state index contributed by atoms with van der Waals surface area (Å²) in [5.74, 6) is -0.359. The minimum absolute atomic E-state index is 0.359. The van der Waals surface area contributed by atoms with Crippen LogP contribution in [0.3, 0.4) is 0 Å². The van der Waals surface area contributed by atoms with E-state index >= 15 is 0 Å². The number of hydrogen-bond acceptors (Lipinski definition) is 3. The molecule has 1 aromatic heterocycles. The highest BCUT2D eigenvalue weighted by Crippen LogP contribution is 2.09. The van der Waals surface area contributed by atoms with Crippen LogP contribution in [0.25, 0.3) is 0 Å². The lowest BCUT2D eigenvalue weighted by Crippen LogP contribution is -2.07. The van der Waals surface area contributed by atoms with Crippen molar-refractivity contribution in [2.75, 3.05) is 6.61 Å². The molecule has 0 aromatic carbocycles. The fourth-order valence-corrected chi connectivity index (χ4v) is 1.59. The molecule has 4 nitrogen and oxygen atoms in total. The molecule has 0 saturated heterocycles. The number of aromatic nitrogens is 2. The van der Waals surface area contributed by atoms with Gasteiger partial charge in [-0.05, 0) is 19.9 Å². The van der Waals surface area contributed by atoms with E-state index in [0.717, 1.165) is 12.2 Å². The van der Waals surface area contributed by atoms with Gasteiger partial charge in [-0.2, -0.15) is 5.10 Å². The van der Waals surface area contributed by atoms with Gasteiger partial charge in [0.1, 0.15) is 0 Å². The molecule has 0 bridgehead atoms. The molecule has 0 fully saturated rings. The highest BCUT2D eigenvalue weighted by atomic mass is 79.9. The van der Waals surface area contributed by atoms with Gasteiger partial charge >= 0.3 is 5.97 Å². The van der Waals surface area contributed by atoms with Crippen molar-refractivity contribution in [3.8, 4) is 0 Å². The Labute approximate surface area is 91.4 Å². The van der Waals surface area contributed by atoms with Gasteiger partial charge in [-0.15, -0.1) is 0 Å². The number of ether oxygens (including phenoxy) is 1. The lowest BCUT2D eigenvalue weighted by atomic mass is 10.4. The van der Waals surface area contributed by atoms with Crippen molar-refractivity contribution in [1.82, 2.24) is 9.78 Å². The molecule has 78 valence electrons. The summed E-state index contributed by atoms with van der Waals surface area (Å²) in [6.07, 6.45) is 0. The van der Waals surface area contributed by atoms with Gasteiger partial charge in [0.15, 0.2) is 5.69 Å². The van der Waals surface area contributed by atoms with E-state index < -0.39 is 0 Å². The fourth-order valence-electron chi connectivity index (χ4n) is 1.14. The Morgan fingerprint density at radius 1 is 1.64 bits per heavy atom. The summed E-state index contributed by atoms with van der Waals surface area (Å²) < 4.78 is 6.63. The minimum atomic E-state index is -0.359. The average molecular weight is 261 g/mol. The minimum Gasteiger partial charge on any atom is -0.461 e. The van der Waals surface area contributed by atoms with Gasteiger partial charge in [0.2, 0.25) is 0 Å². The van der Waals surface area contributed by atoms with Crippen LogP contribution in [0.4, 0.5) is 0 Å². The first-order valence-electron chi connectivity index (χ1n) is 4.52. The molecular formula is C9H13BrN2O2. The quantitative estimate of drug-likeness (QED) is 0.614. The predicted octanol–water partition coefficient (Wildman–Crippen LogP) is 1.97. The summed E-state index contributed by atoms with van der Waals surface area (Å²) in [5, 5.41) is 4.82. The first kappa shape index (κ1) is 11.2. The van der Waals surface area contributed by atoms with Gasteiger partial charge in [-0.1, -0.05) is 15.9 Å². The highest BCUT2D eigenvalue weighted by Gasteiger charge is 2.13. The Bertz CT molecular complexity index is 301. The highest BCUT2D eigenvalue weighted by molar-refractivity contribution is 9.08. The maximum Gasteiger partial charge on any atom is 0.358 e. The summed E-state index contributed by atoms with van der Waals surface area (Å²) in [6, 6.07) is 1.75. The maximum absolute atomic E-state index is 11.3. The zero-order valence-electron chi connectivity index (χ0n) is 8.29. The molecule has 1 rings (SSSR count). The topological polar surface area (TPSA) is 44.1 Å². The van der Waals surface area contributed by atoms with E-state index in [4.69, 9.17) is 4.74 Å². The molecule has 0 radical (unpaired) electrons. The van der Waals surface area contributed by atoms with E-state index in [0.29, 0.717) is 17.6 Å². The van der Waals surface area contributed by atoms with Crippen LogP contribution in [0, 0.1) is 0 Å². The number of rotatable bonds is 4. The number of carbonyl (C=O) groups excluding carboxylic acids is 1. The van der Waals surface area contributed by atoms with Crippen molar-refractivity contribution in [2.24, 2.45) is 0 Å². The summed E-state index contributed by atoms with van der Waals surface area (Å²) in [5.41, 5.74) is 1.36. The second-order valence-corrected chi connectivity index (χ2v) is 3.25. The van der Waals surface area contributed by atoms with Crippen LogP contribution in [0.15, 0.2) is 6.07 Å². The molecule has 5 heteroatoms. The Morgan fingerprint density at radius 3 is 2.79 bits per heavy atom. The van der Waals surface area contributed by atoms with Crippen LogP contribution < -0.4 is 0 Å². The molecular weight excluding hydrogens is 248 g/mol. The second-order valence-electron chi connectivity index (χ2n) is 2.69. The van der Waals surface area contributed by atoms with E-state index in [1.807, 2.05) is 6.92 Å². The third-order valence-electron chi connectivity index (χ3n) is 1.78. The molecule has 0 amide bonds. The Morgan fingerprint density at radius 2 is 2.36 bits per heavy atom. The lowest BCUT2D eigenvalue weighted by molar-refractivity contribution is 0.0518. The number of nitrogens with zero attached hydrogens (tertiary/aromatic N) is 2. The molecule has 0 aliphatic rings. The molecule has 0 spiro atoms. The Hall–Kier alpha value is -0.840. The third kappa shape index (κ3) is 2.35. The van der Waals surface area contributed by atoms with E-state index in [9.17, 15) is 4.79 Å². The first-order chi connectivity index (χ1) is 6.72. The van der Waals surface area contributed by atoms with Crippen LogP contribution in [0.2, 0.25) is 0 Å². The summed E-state index contributed by atoms with van der Waals surface area (Å²) >= 11 is 3.34. The number of aryl methyl sites for hydroxylation is 1. The molecule has 1 heterocycles. The molecule has 0 atom stereocenters. The number of carbonyl (C=O) groups is 1. The fraction of sp³-hybridized carbons (Fsp3) is 0.556. The zero-order valence-corrected chi connectivity index (χ0v) is 9.87. The maximum atomic E-state index is 11.3. The SMILES string of the molecule is CCOC(=O)c1cc(CBr)n(CC)n1. The van der Waals surface area contributed by atoms with E-state index in [1.165, 1.54) is 0 Å². The first-order valence-corrected chi connectivity index (χ1v) is 5.64. The molecule has 0 aliphatic heterocycles. The largest absolute Gasteiger partial charge is 0.461 e. The van der Waals surface area contributed by atoms with Gasteiger partial charge < -0.3 is 4.74 Å². The molecule has 1 aromatic rings. The predicted molar refractivity (Wildman–Crippen MR) is 56.5 cm³/mol. The normalized spacial score (nSPS) is 10.2. The average Bonchev–Trinajstić information content (AvgIpc) is 2.61. The molecule has 0 unspecified atom stereocenters. The van der Waals surface area contributed by atoms with Crippen LogP contribution in [-0.2, 0) is 16.6 Å². The Kier molecular flexibility index (Phi) is 4.13. The lowest BCUT2D eigenvalue weighted by Gasteiger charge is -1.98. The molecule has 14 heavy (non-hydrogen) atoms. The van der Waals surface area contributed by atoms with Crippen molar-refractivity contribution in [1.29, 1.82) is 0 Å². The number of alkyl halides is 1. The van der Waals surface area contributed by atoms with Gasteiger partial charge in [-0.25, -0.2) is 4.79 Å². The summed E-state index contributed by atoms with van der Waals surface area (Å²) in [4.78, 5) is 11.3. The smallest absolute Gasteiger partial charge is 0.358 e. The van der Waals surface area contributed by atoms with Gasteiger partial charge in [0, 0.05) is 17.6 Å². The van der Waals surface area contributed by atoms with E-state index in [1.54, 1.807) is 17.7 Å². The van der Waals surface area contributed by atoms with Crippen molar-refractivity contribution in [3.05, 3.63) is 17.5 Å². The van der Waals surface area contributed by atoms with E-state index in [2.05, 4.69) is 21.0 Å². The molecule has 0 saturated carbocycles. The van der Waals surface area contributed by atoms with Gasteiger partial charge in [0.05, 0.1) is 6.61 Å². The standard InChI is InChI=1S/C9H13BrN2O2/c1-3-12-7(6-10)5-8(11-12)9(13)14-4-2/h5H,3-4,6H2,1-2H3. The van der Waals surface area contributed by atoms with Crippen molar-refractivity contribution in [2.45, 2.75) is 25.7 Å². The summed E-state index contributed by atoms with van der Waals surface area (Å²) in [6.45, 7) is 4.88.